The zero-order chi connectivity index (χ0) is 19.6. The summed E-state index contributed by atoms with van der Waals surface area (Å²) in [6.45, 7) is 6.17. The Balaban J connectivity index is 1.75. The lowest BCUT2D eigenvalue weighted by atomic mass is 10.2. The summed E-state index contributed by atoms with van der Waals surface area (Å²) in [5.41, 5.74) is 1.64. The molecule has 0 unspecified atom stereocenters. The molecule has 0 bridgehead atoms. The van der Waals surface area contributed by atoms with Crippen LogP contribution in [0.15, 0.2) is 35.1 Å². The van der Waals surface area contributed by atoms with Crippen LogP contribution >= 0.6 is 0 Å². The zero-order valence-electron chi connectivity index (χ0n) is 15.9. The molecule has 0 aliphatic heterocycles. The van der Waals surface area contributed by atoms with Crippen LogP contribution in [0.3, 0.4) is 0 Å². The Morgan fingerprint density at radius 2 is 1.89 bits per heavy atom. The molecule has 1 N–H and O–H groups in total. The normalized spacial score (nSPS) is 12.1. The molecule has 8 nitrogen and oxygen atoms in total. The molecule has 27 heavy (non-hydrogen) atoms. The van der Waals surface area contributed by atoms with Crippen LogP contribution in [-0.2, 0) is 17.9 Å². The molecule has 1 aromatic carbocycles. The third kappa shape index (κ3) is 3.99. The van der Waals surface area contributed by atoms with Gasteiger partial charge in [0.15, 0.2) is 0 Å². The molecule has 8 heteroatoms. The van der Waals surface area contributed by atoms with Crippen LogP contribution in [0.5, 0.6) is 5.88 Å². The second-order valence-electron chi connectivity index (χ2n) is 6.60. The van der Waals surface area contributed by atoms with Crippen molar-refractivity contribution in [3.05, 3.63) is 52.1 Å². The van der Waals surface area contributed by atoms with Gasteiger partial charge in [-0.3, -0.25) is 14.3 Å². The van der Waals surface area contributed by atoms with Gasteiger partial charge in [0.25, 0.3) is 5.56 Å². The second kappa shape index (κ2) is 7.61. The van der Waals surface area contributed by atoms with Crippen LogP contribution < -0.4 is 15.6 Å². The van der Waals surface area contributed by atoms with Gasteiger partial charge < -0.3 is 10.1 Å². The smallest absolute Gasteiger partial charge is 0.275 e. The van der Waals surface area contributed by atoms with Crippen molar-refractivity contribution in [2.75, 3.05) is 7.11 Å². The number of aromatic nitrogens is 4. The van der Waals surface area contributed by atoms with Gasteiger partial charge in [-0.1, -0.05) is 12.1 Å². The minimum absolute atomic E-state index is 0.145. The Bertz CT molecular complexity index is 1040. The van der Waals surface area contributed by atoms with Crippen LogP contribution in [0.2, 0.25) is 0 Å². The van der Waals surface area contributed by atoms with Crippen LogP contribution in [0.25, 0.3) is 10.8 Å². The van der Waals surface area contributed by atoms with Crippen molar-refractivity contribution >= 4 is 16.7 Å². The molecule has 0 radical (unpaired) electrons. The van der Waals surface area contributed by atoms with E-state index >= 15 is 0 Å². The summed E-state index contributed by atoms with van der Waals surface area (Å²) in [6.07, 6.45) is 0. The third-order valence-electron chi connectivity index (χ3n) is 4.28. The number of carbonyl (C=O) groups excluding carboxylic acids is 1. The number of hydrogen-bond acceptors (Lipinski definition) is 5. The summed E-state index contributed by atoms with van der Waals surface area (Å²) < 4.78 is 8.25. The van der Waals surface area contributed by atoms with Gasteiger partial charge in [0.05, 0.1) is 30.1 Å². The van der Waals surface area contributed by atoms with E-state index in [1.807, 2.05) is 37.6 Å². The predicted octanol–water partition coefficient (Wildman–Crippen LogP) is 1.42. The number of fused-ring (bicyclic) bond motifs is 1. The second-order valence-corrected chi connectivity index (χ2v) is 6.60. The molecular weight excluding hydrogens is 346 g/mol. The maximum atomic E-state index is 12.6. The van der Waals surface area contributed by atoms with Crippen LogP contribution in [0.4, 0.5) is 0 Å². The predicted molar refractivity (Wildman–Crippen MR) is 102 cm³/mol. The first-order valence-electron chi connectivity index (χ1n) is 8.73. The Labute approximate surface area is 156 Å². The number of rotatable bonds is 6. The van der Waals surface area contributed by atoms with E-state index in [1.165, 1.54) is 7.11 Å². The first-order chi connectivity index (χ1) is 12.9. The Hall–Kier alpha value is -3.16. The Morgan fingerprint density at radius 1 is 1.19 bits per heavy atom. The molecule has 3 aromatic rings. The molecular formula is C19H23N5O3. The van der Waals surface area contributed by atoms with E-state index in [0.29, 0.717) is 23.2 Å². The highest BCUT2D eigenvalue weighted by molar-refractivity contribution is 5.86. The molecule has 0 aliphatic rings. The minimum atomic E-state index is -0.326. The highest BCUT2D eigenvalue weighted by atomic mass is 16.5. The highest BCUT2D eigenvalue weighted by Crippen LogP contribution is 2.19. The van der Waals surface area contributed by atoms with E-state index < -0.39 is 0 Å². The van der Waals surface area contributed by atoms with Gasteiger partial charge in [-0.15, -0.1) is 5.10 Å². The van der Waals surface area contributed by atoms with Gasteiger partial charge >= 0.3 is 0 Å². The van der Waals surface area contributed by atoms with E-state index in [-0.39, 0.29) is 24.1 Å². The van der Waals surface area contributed by atoms with Crippen molar-refractivity contribution in [1.29, 1.82) is 0 Å². The summed E-state index contributed by atoms with van der Waals surface area (Å²) in [4.78, 5) is 25.0. The number of benzene rings is 1. The monoisotopic (exact) mass is 369 g/mol. The fraction of sp³-hybridized carbons (Fsp3) is 0.368. The standard InChI is InChI=1S/C19H23N5O3/c1-12-9-14(3)23(21-12)10-13(2)20-17(25)11-24-19(26)16-8-6-5-7-15(16)18(22-24)27-4/h5-9,13H,10-11H2,1-4H3,(H,20,25)/t13-/m0/s1. The van der Waals surface area contributed by atoms with Crippen molar-refractivity contribution in [3.8, 4) is 5.88 Å². The largest absolute Gasteiger partial charge is 0.480 e. The number of methoxy groups -OCH3 is 1. The van der Waals surface area contributed by atoms with Crippen molar-refractivity contribution in [2.45, 2.75) is 39.9 Å². The van der Waals surface area contributed by atoms with Gasteiger partial charge in [-0.05, 0) is 39.0 Å². The van der Waals surface area contributed by atoms with Gasteiger partial charge in [0.1, 0.15) is 6.54 Å². The number of nitrogens with one attached hydrogen (secondary N) is 1. The van der Waals surface area contributed by atoms with Gasteiger partial charge in [-0.25, -0.2) is 4.68 Å². The van der Waals surface area contributed by atoms with Crippen molar-refractivity contribution in [1.82, 2.24) is 24.9 Å². The maximum absolute atomic E-state index is 12.6. The molecule has 0 aliphatic carbocycles. The maximum Gasteiger partial charge on any atom is 0.275 e. The number of aryl methyl sites for hydroxylation is 2. The van der Waals surface area contributed by atoms with E-state index in [4.69, 9.17) is 4.74 Å². The average Bonchev–Trinajstić information content (AvgIpc) is 2.94. The SMILES string of the molecule is COc1nn(CC(=O)N[C@@H](C)Cn2nc(C)cc2C)c(=O)c2ccccc12. The molecule has 0 saturated carbocycles. The first-order valence-corrected chi connectivity index (χ1v) is 8.73. The Morgan fingerprint density at radius 3 is 2.52 bits per heavy atom. The van der Waals surface area contributed by atoms with Crippen molar-refractivity contribution < 1.29 is 9.53 Å². The fourth-order valence-electron chi connectivity index (χ4n) is 3.08. The van der Waals surface area contributed by atoms with E-state index in [0.717, 1.165) is 16.1 Å². The molecule has 0 spiro atoms. The van der Waals surface area contributed by atoms with Gasteiger partial charge in [-0.2, -0.15) is 5.10 Å². The number of amides is 1. The topological polar surface area (TPSA) is 91.0 Å². The van der Waals surface area contributed by atoms with Crippen LogP contribution in [0.1, 0.15) is 18.3 Å². The quantitative estimate of drug-likeness (QED) is 0.710. The third-order valence-corrected chi connectivity index (χ3v) is 4.28. The van der Waals surface area contributed by atoms with E-state index in [1.54, 1.807) is 18.2 Å². The van der Waals surface area contributed by atoms with Crippen LogP contribution in [0, 0.1) is 13.8 Å². The average molecular weight is 369 g/mol. The molecule has 1 amide bonds. The van der Waals surface area contributed by atoms with Gasteiger partial charge in [0.2, 0.25) is 11.8 Å². The summed E-state index contributed by atoms with van der Waals surface area (Å²) in [6, 6.07) is 8.88. The molecule has 0 fully saturated rings. The van der Waals surface area contributed by atoms with E-state index in [9.17, 15) is 9.59 Å². The first kappa shape index (κ1) is 18.6. The molecule has 2 heterocycles. The lowest BCUT2D eigenvalue weighted by Crippen LogP contribution is -2.40. The molecule has 2 aromatic heterocycles. The number of hydrogen-bond donors (Lipinski definition) is 1. The van der Waals surface area contributed by atoms with Crippen molar-refractivity contribution in [3.63, 3.8) is 0 Å². The Kier molecular flexibility index (Phi) is 5.25. The molecule has 0 saturated heterocycles. The highest BCUT2D eigenvalue weighted by Gasteiger charge is 2.15. The lowest BCUT2D eigenvalue weighted by Gasteiger charge is -2.16. The fourth-order valence-corrected chi connectivity index (χ4v) is 3.08. The summed E-state index contributed by atoms with van der Waals surface area (Å²) >= 11 is 0. The molecule has 142 valence electrons. The van der Waals surface area contributed by atoms with E-state index in [2.05, 4.69) is 15.5 Å². The minimum Gasteiger partial charge on any atom is -0.480 e. The summed E-state index contributed by atoms with van der Waals surface area (Å²) in [5.74, 6) is 0.0182. The number of nitrogens with zero attached hydrogens (tertiary/aromatic N) is 4. The van der Waals surface area contributed by atoms with Crippen LogP contribution in [-0.4, -0.2) is 38.6 Å². The van der Waals surface area contributed by atoms with Gasteiger partial charge in [0, 0.05) is 11.7 Å². The number of ether oxygens (including phenoxy) is 1. The van der Waals surface area contributed by atoms with Crippen molar-refractivity contribution in [2.24, 2.45) is 0 Å². The lowest BCUT2D eigenvalue weighted by molar-refractivity contribution is -0.122. The number of carbonyl (C=O) groups is 1. The zero-order valence-corrected chi connectivity index (χ0v) is 15.9. The molecule has 1 atom stereocenters. The summed E-state index contributed by atoms with van der Waals surface area (Å²) in [5, 5.41) is 12.5. The molecule has 3 rings (SSSR count). The summed E-state index contributed by atoms with van der Waals surface area (Å²) in [7, 11) is 1.49.